The van der Waals surface area contributed by atoms with Gasteiger partial charge in [-0.25, -0.2) is 0 Å². The normalized spacial score (nSPS) is 31.6. The fourth-order valence-corrected chi connectivity index (χ4v) is 3.06. The van der Waals surface area contributed by atoms with Crippen LogP contribution in [-0.2, 0) is 9.53 Å². The van der Waals surface area contributed by atoms with E-state index in [1.807, 2.05) is 18.7 Å². The Kier molecular flexibility index (Phi) is 5.44. The molecule has 1 saturated heterocycles. The highest BCUT2D eigenvalue weighted by molar-refractivity contribution is 5.86. The standard InChI is InChI=1S/C13H24N2O2.ClH/c1-10-8-15(9-11(2)17-10)12(16)13(14)6-4-3-5-7-13;/h10-11H,3-9,14H2,1-2H3;1H/t10-,11+;. The largest absolute Gasteiger partial charge is 0.372 e. The molecule has 1 saturated carbocycles. The fraction of sp³-hybridized carbons (Fsp3) is 0.923. The van der Waals surface area contributed by atoms with E-state index in [2.05, 4.69) is 0 Å². The zero-order valence-corrected chi connectivity index (χ0v) is 12.2. The van der Waals surface area contributed by atoms with E-state index in [0.717, 1.165) is 25.7 Å². The van der Waals surface area contributed by atoms with Crippen molar-refractivity contribution in [3.8, 4) is 0 Å². The van der Waals surface area contributed by atoms with E-state index < -0.39 is 5.54 Å². The average molecular weight is 277 g/mol. The Bertz CT molecular complexity index is 283. The smallest absolute Gasteiger partial charge is 0.242 e. The number of amides is 1. The molecule has 2 aliphatic rings. The first-order valence-electron chi connectivity index (χ1n) is 6.75. The van der Waals surface area contributed by atoms with Crippen LogP contribution in [-0.4, -0.2) is 41.6 Å². The average Bonchev–Trinajstić information content (AvgIpc) is 2.27. The Labute approximate surface area is 116 Å². The molecule has 5 heteroatoms. The number of rotatable bonds is 1. The first-order valence-corrected chi connectivity index (χ1v) is 6.75. The summed E-state index contributed by atoms with van der Waals surface area (Å²) in [5.41, 5.74) is 5.69. The van der Waals surface area contributed by atoms with Crippen molar-refractivity contribution in [1.82, 2.24) is 4.90 Å². The van der Waals surface area contributed by atoms with Crippen LogP contribution >= 0.6 is 12.4 Å². The molecule has 4 nitrogen and oxygen atoms in total. The Balaban J connectivity index is 0.00000162. The van der Waals surface area contributed by atoms with Gasteiger partial charge < -0.3 is 15.4 Å². The van der Waals surface area contributed by atoms with Crippen LogP contribution in [0.5, 0.6) is 0 Å². The first-order chi connectivity index (χ1) is 8.01. The van der Waals surface area contributed by atoms with E-state index in [9.17, 15) is 4.79 Å². The van der Waals surface area contributed by atoms with Gasteiger partial charge in [0.2, 0.25) is 5.91 Å². The minimum absolute atomic E-state index is 0. The van der Waals surface area contributed by atoms with E-state index in [1.165, 1.54) is 6.42 Å². The molecule has 1 amide bonds. The summed E-state index contributed by atoms with van der Waals surface area (Å²) in [4.78, 5) is 14.4. The van der Waals surface area contributed by atoms with Crippen LogP contribution in [0.1, 0.15) is 46.0 Å². The Morgan fingerprint density at radius 1 is 1.17 bits per heavy atom. The summed E-state index contributed by atoms with van der Waals surface area (Å²) < 4.78 is 5.65. The van der Waals surface area contributed by atoms with Crippen molar-refractivity contribution >= 4 is 18.3 Å². The highest BCUT2D eigenvalue weighted by Gasteiger charge is 2.40. The molecule has 0 radical (unpaired) electrons. The van der Waals surface area contributed by atoms with E-state index in [-0.39, 0.29) is 30.5 Å². The first kappa shape index (κ1) is 15.7. The van der Waals surface area contributed by atoms with Crippen LogP contribution in [0, 0.1) is 0 Å². The van der Waals surface area contributed by atoms with Gasteiger partial charge in [0, 0.05) is 13.1 Å². The number of hydrogen-bond acceptors (Lipinski definition) is 3. The lowest BCUT2D eigenvalue weighted by molar-refractivity contribution is -0.150. The summed E-state index contributed by atoms with van der Waals surface area (Å²) in [5.74, 6) is 0.138. The van der Waals surface area contributed by atoms with Crippen LogP contribution in [0.15, 0.2) is 0 Å². The summed E-state index contributed by atoms with van der Waals surface area (Å²) >= 11 is 0. The summed E-state index contributed by atoms with van der Waals surface area (Å²) in [6.07, 6.45) is 5.29. The number of nitrogens with zero attached hydrogens (tertiary/aromatic N) is 1. The zero-order valence-electron chi connectivity index (χ0n) is 11.4. The third kappa shape index (κ3) is 3.37. The van der Waals surface area contributed by atoms with Gasteiger partial charge in [-0.2, -0.15) is 0 Å². The quantitative estimate of drug-likeness (QED) is 0.793. The molecule has 2 atom stereocenters. The Morgan fingerprint density at radius 3 is 2.17 bits per heavy atom. The number of halogens is 1. The van der Waals surface area contributed by atoms with E-state index >= 15 is 0 Å². The molecule has 1 heterocycles. The number of ether oxygens (including phenoxy) is 1. The van der Waals surface area contributed by atoms with Crippen LogP contribution < -0.4 is 5.73 Å². The van der Waals surface area contributed by atoms with Crippen molar-refractivity contribution in [2.45, 2.75) is 63.7 Å². The molecule has 106 valence electrons. The number of nitrogens with two attached hydrogens (primary N) is 1. The maximum Gasteiger partial charge on any atom is 0.242 e. The molecule has 0 aromatic carbocycles. The predicted octanol–water partition coefficient (Wildman–Crippen LogP) is 1.71. The molecule has 1 aliphatic heterocycles. The van der Waals surface area contributed by atoms with Gasteiger partial charge in [0.15, 0.2) is 0 Å². The summed E-state index contributed by atoms with van der Waals surface area (Å²) in [7, 11) is 0. The molecule has 2 fully saturated rings. The van der Waals surface area contributed by atoms with Gasteiger partial charge in [0.1, 0.15) is 0 Å². The number of carbonyl (C=O) groups excluding carboxylic acids is 1. The molecular weight excluding hydrogens is 252 g/mol. The molecule has 0 unspecified atom stereocenters. The molecule has 0 bridgehead atoms. The maximum absolute atomic E-state index is 12.5. The van der Waals surface area contributed by atoms with Gasteiger partial charge in [-0.05, 0) is 26.7 Å². The van der Waals surface area contributed by atoms with Crippen LogP contribution in [0.3, 0.4) is 0 Å². The number of carbonyl (C=O) groups is 1. The molecule has 2 N–H and O–H groups in total. The Hall–Kier alpha value is -0.320. The topological polar surface area (TPSA) is 55.6 Å². The fourth-order valence-electron chi connectivity index (χ4n) is 3.06. The molecule has 1 aliphatic carbocycles. The zero-order chi connectivity index (χ0) is 12.5. The highest BCUT2D eigenvalue weighted by atomic mass is 35.5. The van der Waals surface area contributed by atoms with Gasteiger partial charge in [-0.1, -0.05) is 19.3 Å². The third-order valence-corrected chi connectivity index (χ3v) is 3.88. The lowest BCUT2D eigenvalue weighted by Crippen LogP contribution is -2.60. The highest BCUT2D eigenvalue weighted by Crippen LogP contribution is 2.28. The van der Waals surface area contributed by atoms with Crippen molar-refractivity contribution < 1.29 is 9.53 Å². The summed E-state index contributed by atoms with van der Waals surface area (Å²) in [6.45, 7) is 5.39. The van der Waals surface area contributed by atoms with Gasteiger partial charge in [0.25, 0.3) is 0 Å². The predicted molar refractivity (Wildman–Crippen MR) is 73.8 cm³/mol. The lowest BCUT2D eigenvalue weighted by Gasteiger charge is -2.41. The van der Waals surface area contributed by atoms with Gasteiger partial charge in [-0.3, -0.25) is 4.79 Å². The minimum Gasteiger partial charge on any atom is -0.372 e. The minimum atomic E-state index is -0.602. The molecule has 0 aromatic heterocycles. The molecule has 0 aromatic rings. The summed E-state index contributed by atoms with van der Waals surface area (Å²) in [6, 6.07) is 0. The monoisotopic (exact) mass is 276 g/mol. The van der Waals surface area contributed by atoms with Crippen molar-refractivity contribution in [3.05, 3.63) is 0 Å². The molecule has 18 heavy (non-hydrogen) atoms. The molecular formula is C13H25ClN2O2. The second-order valence-electron chi connectivity index (χ2n) is 5.68. The van der Waals surface area contributed by atoms with Crippen LogP contribution in [0.2, 0.25) is 0 Å². The second-order valence-corrected chi connectivity index (χ2v) is 5.68. The lowest BCUT2D eigenvalue weighted by atomic mass is 9.81. The molecule has 2 rings (SSSR count). The van der Waals surface area contributed by atoms with E-state index in [1.54, 1.807) is 0 Å². The molecule has 0 spiro atoms. The van der Waals surface area contributed by atoms with Crippen molar-refractivity contribution in [2.24, 2.45) is 5.73 Å². The second kappa shape index (κ2) is 6.22. The third-order valence-electron chi connectivity index (χ3n) is 3.88. The van der Waals surface area contributed by atoms with Crippen molar-refractivity contribution in [1.29, 1.82) is 0 Å². The SMILES string of the molecule is C[C@@H]1CN(C(=O)C2(N)CCCCC2)C[C@H](C)O1.Cl. The van der Waals surface area contributed by atoms with Gasteiger partial charge in [0.05, 0.1) is 17.7 Å². The van der Waals surface area contributed by atoms with E-state index in [0.29, 0.717) is 13.1 Å². The van der Waals surface area contributed by atoms with Crippen molar-refractivity contribution in [2.75, 3.05) is 13.1 Å². The number of morpholine rings is 1. The van der Waals surface area contributed by atoms with Crippen LogP contribution in [0.25, 0.3) is 0 Å². The Morgan fingerprint density at radius 2 is 1.67 bits per heavy atom. The van der Waals surface area contributed by atoms with Gasteiger partial charge in [-0.15, -0.1) is 12.4 Å². The maximum atomic E-state index is 12.5. The van der Waals surface area contributed by atoms with E-state index in [4.69, 9.17) is 10.5 Å². The van der Waals surface area contributed by atoms with Crippen molar-refractivity contribution in [3.63, 3.8) is 0 Å². The van der Waals surface area contributed by atoms with Crippen LogP contribution in [0.4, 0.5) is 0 Å². The van der Waals surface area contributed by atoms with Gasteiger partial charge >= 0.3 is 0 Å². The summed E-state index contributed by atoms with van der Waals surface area (Å²) in [5, 5.41) is 0. The number of hydrogen-bond donors (Lipinski definition) is 1.